The van der Waals surface area contributed by atoms with E-state index in [0.717, 1.165) is 20.8 Å². The van der Waals surface area contributed by atoms with Gasteiger partial charge < -0.3 is 10.2 Å². The largest absolute Gasteiger partial charge is 0.347 e. The summed E-state index contributed by atoms with van der Waals surface area (Å²) in [4.78, 5) is 31.7. The van der Waals surface area contributed by atoms with Crippen LogP contribution in [-0.2, 0) is 13.1 Å². The molecular formula is C22H19N3O2S2. The van der Waals surface area contributed by atoms with Gasteiger partial charge in [-0.15, -0.1) is 22.7 Å². The van der Waals surface area contributed by atoms with Crippen molar-refractivity contribution in [1.82, 2.24) is 15.2 Å². The maximum atomic E-state index is 12.7. The second kappa shape index (κ2) is 8.55. The fourth-order valence-corrected chi connectivity index (χ4v) is 4.59. The Morgan fingerprint density at radius 1 is 1.03 bits per heavy atom. The number of fused-ring (bicyclic) bond motifs is 1. The van der Waals surface area contributed by atoms with Crippen LogP contribution in [0.25, 0.3) is 10.2 Å². The Hall–Kier alpha value is -3.03. The number of rotatable bonds is 6. The third-order valence-electron chi connectivity index (χ3n) is 4.46. The van der Waals surface area contributed by atoms with Crippen molar-refractivity contribution in [2.75, 3.05) is 7.05 Å². The molecule has 0 saturated carbocycles. The molecule has 2 aromatic carbocycles. The van der Waals surface area contributed by atoms with Gasteiger partial charge in [0.05, 0.1) is 21.6 Å². The number of amides is 2. The van der Waals surface area contributed by atoms with Crippen LogP contribution in [0.2, 0.25) is 0 Å². The van der Waals surface area contributed by atoms with E-state index < -0.39 is 0 Å². The topological polar surface area (TPSA) is 62.3 Å². The first kappa shape index (κ1) is 19.3. The highest BCUT2D eigenvalue weighted by Gasteiger charge is 2.14. The fraction of sp³-hybridized carbons (Fsp3) is 0.136. The van der Waals surface area contributed by atoms with Gasteiger partial charge in [-0.25, -0.2) is 4.98 Å². The van der Waals surface area contributed by atoms with Gasteiger partial charge in [-0.1, -0.05) is 30.3 Å². The van der Waals surface area contributed by atoms with Crippen LogP contribution in [0.4, 0.5) is 0 Å². The van der Waals surface area contributed by atoms with Crippen molar-refractivity contribution in [2.24, 2.45) is 0 Å². The highest BCUT2D eigenvalue weighted by atomic mass is 32.1. The number of carbonyl (C=O) groups excluding carboxylic acids is 2. The molecule has 0 unspecified atom stereocenters. The molecule has 1 N–H and O–H groups in total. The third kappa shape index (κ3) is 4.52. The Kier molecular flexibility index (Phi) is 5.69. The normalized spacial score (nSPS) is 10.8. The number of benzene rings is 2. The first-order valence-electron chi connectivity index (χ1n) is 9.11. The Bertz CT molecular complexity index is 1100. The van der Waals surface area contributed by atoms with Gasteiger partial charge in [0.1, 0.15) is 5.01 Å². The summed E-state index contributed by atoms with van der Waals surface area (Å²) < 4.78 is 1.12. The van der Waals surface area contributed by atoms with Crippen LogP contribution < -0.4 is 5.32 Å². The molecular weight excluding hydrogens is 402 g/mol. The van der Waals surface area contributed by atoms with E-state index >= 15 is 0 Å². The molecule has 0 fully saturated rings. The molecule has 4 rings (SSSR count). The summed E-state index contributed by atoms with van der Waals surface area (Å²) in [6, 6.07) is 18.9. The quantitative estimate of drug-likeness (QED) is 0.496. The molecule has 0 saturated heterocycles. The number of para-hydroxylation sites is 1. The summed E-state index contributed by atoms with van der Waals surface area (Å²) in [5.74, 6) is -0.144. The van der Waals surface area contributed by atoms with Crippen molar-refractivity contribution in [1.29, 1.82) is 0 Å². The van der Waals surface area contributed by atoms with Crippen molar-refractivity contribution < 1.29 is 9.59 Å². The van der Waals surface area contributed by atoms with Gasteiger partial charge in [-0.2, -0.15) is 0 Å². The van der Waals surface area contributed by atoms with Gasteiger partial charge in [0.15, 0.2) is 0 Å². The highest BCUT2D eigenvalue weighted by molar-refractivity contribution is 7.18. The number of hydrogen-bond donors (Lipinski definition) is 1. The number of nitrogens with zero attached hydrogens (tertiary/aromatic N) is 2. The van der Waals surface area contributed by atoms with Crippen LogP contribution in [0.15, 0.2) is 66.0 Å². The molecule has 2 heterocycles. The van der Waals surface area contributed by atoms with Gasteiger partial charge in [0, 0.05) is 19.2 Å². The van der Waals surface area contributed by atoms with Gasteiger partial charge >= 0.3 is 0 Å². The number of thiophene rings is 1. The molecule has 2 amide bonds. The highest BCUT2D eigenvalue weighted by Crippen LogP contribution is 2.22. The summed E-state index contributed by atoms with van der Waals surface area (Å²) in [7, 11) is 1.78. The molecule has 0 radical (unpaired) electrons. The maximum absolute atomic E-state index is 12.7. The van der Waals surface area contributed by atoms with Gasteiger partial charge in [0.2, 0.25) is 0 Å². The molecule has 0 aliphatic heterocycles. The van der Waals surface area contributed by atoms with Crippen LogP contribution in [-0.4, -0.2) is 28.7 Å². The van der Waals surface area contributed by atoms with Crippen molar-refractivity contribution in [3.05, 3.63) is 87.1 Å². The first-order chi connectivity index (χ1) is 14.1. The fourth-order valence-electron chi connectivity index (χ4n) is 2.93. The van der Waals surface area contributed by atoms with E-state index in [1.165, 1.54) is 11.3 Å². The molecule has 29 heavy (non-hydrogen) atoms. The molecule has 2 aromatic heterocycles. The average Bonchev–Trinajstić information content (AvgIpc) is 3.41. The van der Waals surface area contributed by atoms with Gasteiger partial charge in [0.25, 0.3) is 11.8 Å². The Morgan fingerprint density at radius 3 is 2.55 bits per heavy atom. The van der Waals surface area contributed by atoms with Crippen LogP contribution in [0.3, 0.4) is 0 Å². The lowest BCUT2D eigenvalue weighted by molar-refractivity contribution is 0.0784. The molecule has 146 valence electrons. The predicted molar refractivity (Wildman–Crippen MR) is 117 cm³/mol. The van der Waals surface area contributed by atoms with Crippen LogP contribution in [0.1, 0.15) is 30.6 Å². The number of carbonyl (C=O) groups is 2. The molecule has 5 nitrogen and oxygen atoms in total. The summed E-state index contributed by atoms with van der Waals surface area (Å²) in [5, 5.41) is 5.67. The molecule has 0 spiro atoms. The summed E-state index contributed by atoms with van der Waals surface area (Å²) >= 11 is 3.02. The van der Waals surface area contributed by atoms with E-state index in [4.69, 9.17) is 0 Å². The lowest BCUT2D eigenvalue weighted by atomic mass is 10.1. The van der Waals surface area contributed by atoms with Crippen molar-refractivity contribution >= 4 is 44.7 Å². The van der Waals surface area contributed by atoms with Crippen LogP contribution in [0.5, 0.6) is 0 Å². The molecule has 0 bridgehead atoms. The van der Waals surface area contributed by atoms with E-state index in [0.29, 0.717) is 23.5 Å². The van der Waals surface area contributed by atoms with Gasteiger partial charge in [-0.3, -0.25) is 9.59 Å². The van der Waals surface area contributed by atoms with E-state index in [1.807, 2.05) is 47.8 Å². The lowest BCUT2D eigenvalue weighted by Gasteiger charge is -2.16. The molecule has 0 aliphatic carbocycles. The van der Waals surface area contributed by atoms with Crippen molar-refractivity contribution in [2.45, 2.75) is 13.1 Å². The zero-order valence-electron chi connectivity index (χ0n) is 15.8. The molecule has 4 aromatic rings. The molecule has 0 atom stereocenters. The van der Waals surface area contributed by atoms with E-state index in [-0.39, 0.29) is 11.8 Å². The molecule has 0 aliphatic rings. The first-order valence-corrected chi connectivity index (χ1v) is 10.8. The van der Waals surface area contributed by atoms with E-state index in [9.17, 15) is 9.59 Å². The minimum Gasteiger partial charge on any atom is -0.347 e. The van der Waals surface area contributed by atoms with Crippen LogP contribution >= 0.6 is 22.7 Å². The number of aromatic nitrogens is 1. The average molecular weight is 422 g/mol. The minimum atomic E-state index is -0.0873. The zero-order valence-corrected chi connectivity index (χ0v) is 17.4. The smallest absolute Gasteiger partial charge is 0.261 e. The summed E-state index contributed by atoms with van der Waals surface area (Å²) in [6.45, 7) is 0.892. The second-order valence-electron chi connectivity index (χ2n) is 6.59. The third-order valence-corrected chi connectivity index (χ3v) is 6.35. The Balaban J connectivity index is 1.36. The van der Waals surface area contributed by atoms with E-state index in [1.54, 1.807) is 41.5 Å². The predicted octanol–water partition coefficient (Wildman–Crippen LogP) is 4.56. The van der Waals surface area contributed by atoms with Crippen molar-refractivity contribution in [3.8, 4) is 0 Å². The lowest BCUT2D eigenvalue weighted by Crippen LogP contribution is -2.26. The number of thiazole rings is 1. The Labute approximate surface area is 176 Å². The zero-order chi connectivity index (χ0) is 20.2. The standard InChI is InChI=1S/C22H19N3O2S2/c1-25(14-20-24-17-5-2-3-6-18(17)29-20)22(27)16-10-8-15(9-11-16)13-23-21(26)19-7-4-12-28-19/h2-12H,13-14H2,1H3,(H,23,26). The maximum Gasteiger partial charge on any atom is 0.261 e. The number of nitrogens with one attached hydrogen (secondary N) is 1. The summed E-state index contributed by atoms with van der Waals surface area (Å²) in [5.41, 5.74) is 2.52. The number of hydrogen-bond acceptors (Lipinski definition) is 5. The minimum absolute atomic E-state index is 0.0570. The van der Waals surface area contributed by atoms with Crippen LogP contribution in [0, 0.1) is 0 Å². The summed E-state index contributed by atoms with van der Waals surface area (Å²) in [6.07, 6.45) is 0. The molecule has 7 heteroatoms. The van der Waals surface area contributed by atoms with E-state index in [2.05, 4.69) is 10.3 Å². The van der Waals surface area contributed by atoms with Crippen molar-refractivity contribution in [3.63, 3.8) is 0 Å². The Morgan fingerprint density at radius 2 is 1.83 bits per heavy atom. The monoisotopic (exact) mass is 421 g/mol. The van der Waals surface area contributed by atoms with Gasteiger partial charge in [-0.05, 0) is 41.3 Å². The second-order valence-corrected chi connectivity index (χ2v) is 8.66. The SMILES string of the molecule is CN(Cc1nc2ccccc2s1)C(=O)c1ccc(CNC(=O)c2cccs2)cc1.